The van der Waals surface area contributed by atoms with Crippen molar-refractivity contribution in [2.75, 3.05) is 17.9 Å². The van der Waals surface area contributed by atoms with Gasteiger partial charge in [0.1, 0.15) is 0 Å². The van der Waals surface area contributed by atoms with Gasteiger partial charge in [-0.25, -0.2) is 0 Å². The summed E-state index contributed by atoms with van der Waals surface area (Å²) in [6, 6.07) is 6.12. The van der Waals surface area contributed by atoms with Gasteiger partial charge in [-0.1, -0.05) is 12.1 Å². The minimum Gasteiger partial charge on any atom is -0.399 e. The molecule has 108 valence electrons. The molecule has 0 radical (unpaired) electrons. The molecule has 2 aliphatic rings. The Balaban J connectivity index is 2.06. The highest BCUT2D eigenvalue weighted by Gasteiger charge is 2.51. The molecule has 1 aromatic carbocycles. The van der Waals surface area contributed by atoms with Crippen molar-refractivity contribution in [2.45, 2.75) is 51.6 Å². The lowest BCUT2D eigenvalue weighted by atomic mass is 9.79. The van der Waals surface area contributed by atoms with E-state index in [9.17, 15) is 0 Å². The summed E-state index contributed by atoms with van der Waals surface area (Å²) in [4.78, 5) is 0.536. The van der Waals surface area contributed by atoms with Crippen molar-refractivity contribution in [1.82, 2.24) is 0 Å². The van der Waals surface area contributed by atoms with Crippen molar-refractivity contribution in [2.24, 2.45) is 0 Å². The molecule has 2 saturated heterocycles. The van der Waals surface area contributed by atoms with E-state index in [1.165, 1.54) is 12.1 Å². The Morgan fingerprint density at radius 1 is 1.10 bits per heavy atom. The molecule has 0 aliphatic carbocycles. The summed E-state index contributed by atoms with van der Waals surface area (Å²) >= 11 is 0. The second-order valence-corrected chi connectivity index (χ2v) is 5.99. The lowest BCUT2D eigenvalue weighted by Gasteiger charge is -2.32. The van der Waals surface area contributed by atoms with E-state index < -0.39 is 44.1 Å². The first-order valence-corrected chi connectivity index (χ1v) is 6.66. The van der Waals surface area contributed by atoms with Crippen LogP contribution in [0.4, 0.5) is 5.69 Å². The largest absolute Gasteiger partial charge is 0.494 e. The Labute approximate surface area is 133 Å². The molecule has 4 heteroatoms. The number of benzene rings is 1. The lowest BCUT2D eigenvalue weighted by Crippen LogP contribution is -2.41. The second kappa shape index (κ2) is 4.78. The monoisotopic (exact) mass is 281 g/mol. The number of anilines is 1. The zero-order valence-corrected chi connectivity index (χ0v) is 12.2. The van der Waals surface area contributed by atoms with Crippen molar-refractivity contribution in [1.29, 1.82) is 0 Å². The summed E-state index contributed by atoms with van der Waals surface area (Å²) in [5.74, 6) is 0. The van der Waals surface area contributed by atoms with Crippen molar-refractivity contribution >= 4 is 18.3 Å². The second-order valence-electron chi connectivity index (χ2n) is 5.99. The molecule has 3 nitrogen and oxygen atoms in total. The number of nitrogens with zero attached hydrogens (tertiary/aromatic N) is 1. The maximum Gasteiger partial charge on any atom is 0.494 e. The van der Waals surface area contributed by atoms with Crippen molar-refractivity contribution in [3.05, 3.63) is 24.3 Å². The predicted octanol–water partition coefficient (Wildman–Crippen LogP) is 2.59. The van der Waals surface area contributed by atoms with Gasteiger partial charge in [0.15, 0.2) is 0 Å². The molecule has 2 aliphatic heterocycles. The van der Waals surface area contributed by atoms with Gasteiger partial charge in [0.2, 0.25) is 0 Å². The van der Waals surface area contributed by atoms with Crippen molar-refractivity contribution in [3.63, 3.8) is 0 Å². The molecule has 0 unspecified atom stereocenters. The van der Waals surface area contributed by atoms with Gasteiger partial charge in [-0.3, -0.25) is 0 Å². The van der Waals surface area contributed by atoms with Gasteiger partial charge in [-0.2, -0.15) is 0 Å². The van der Waals surface area contributed by atoms with E-state index in [4.69, 9.17) is 20.3 Å². The highest BCUT2D eigenvalue weighted by atomic mass is 16.7. The van der Waals surface area contributed by atoms with E-state index in [-0.39, 0.29) is 5.69 Å². The fourth-order valence-electron chi connectivity index (χ4n) is 2.11. The van der Waals surface area contributed by atoms with Gasteiger partial charge in [-0.15, -0.1) is 0 Å². The molecule has 20 heavy (non-hydrogen) atoms. The third-order valence-corrected chi connectivity index (χ3v) is 4.05. The lowest BCUT2D eigenvalue weighted by molar-refractivity contribution is 0.00578. The third kappa shape index (κ3) is 2.36. The minimum absolute atomic E-state index is 0.00691. The third-order valence-electron chi connectivity index (χ3n) is 4.05. The number of hydrogen-bond donors (Lipinski definition) is 0. The van der Waals surface area contributed by atoms with Crippen LogP contribution in [0, 0.1) is 0 Å². The molecule has 0 aromatic heterocycles. The zero-order valence-electron chi connectivity index (χ0n) is 20.2. The number of rotatable bonds is 2. The fourth-order valence-corrected chi connectivity index (χ4v) is 2.11. The maximum atomic E-state index is 8.18. The standard InChI is InChI=1S/C16H24BNO2/c1-15(2)16(3,4)20-17(19-15)13-8-7-9-14(12-13)18-10-5-6-11-18/h7-9,12H,5-6,10-11H2,1-4H3/i5D2,6D2,10D2,11D2. The first-order valence-electron chi connectivity index (χ1n) is 10.7. The van der Waals surface area contributed by atoms with Crippen molar-refractivity contribution in [3.8, 4) is 0 Å². The summed E-state index contributed by atoms with van der Waals surface area (Å²) in [5.41, 5.74) is -0.678. The van der Waals surface area contributed by atoms with Gasteiger partial charge in [-0.05, 0) is 58.0 Å². The molecule has 0 bridgehead atoms. The maximum absolute atomic E-state index is 8.18. The van der Waals surface area contributed by atoms with Crippen LogP contribution in [0.15, 0.2) is 24.3 Å². The molecule has 0 saturated carbocycles. The van der Waals surface area contributed by atoms with Crippen LogP contribution in [0.1, 0.15) is 51.4 Å². The van der Waals surface area contributed by atoms with Crippen molar-refractivity contribution < 1.29 is 20.3 Å². The Morgan fingerprint density at radius 3 is 2.30 bits per heavy atom. The van der Waals surface area contributed by atoms with E-state index in [0.29, 0.717) is 10.4 Å². The Hall–Kier alpha value is -0.995. The summed E-state index contributed by atoms with van der Waals surface area (Å²) < 4.78 is 76.4. The van der Waals surface area contributed by atoms with E-state index in [0.717, 1.165) is 0 Å². The van der Waals surface area contributed by atoms with E-state index in [1.54, 1.807) is 12.1 Å². The molecule has 0 spiro atoms. The van der Waals surface area contributed by atoms with Crippen LogP contribution < -0.4 is 10.4 Å². The Morgan fingerprint density at radius 2 is 1.70 bits per heavy atom. The van der Waals surface area contributed by atoms with E-state index >= 15 is 0 Å². The minimum atomic E-state index is -3.08. The quantitative estimate of drug-likeness (QED) is 0.778. The fraction of sp³-hybridized carbons (Fsp3) is 0.625. The molecule has 2 fully saturated rings. The molecule has 2 heterocycles. The van der Waals surface area contributed by atoms with Crippen LogP contribution in [-0.4, -0.2) is 31.3 Å². The molecule has 0 N–H and O–H groups in total. The highest BCUT2D eigenvalue weighted by molar-refractivity contribution is 6.62. The first kappa shape index (κ1) is 7.32. The van der Waals surface area contributed by atoms with Gasteiger partial charge in [0.05, 0.1) is 11.2 Å². The van der Waals surface area contributed by atoms with Crippen LogP contribution >= 0.6 is 0 Å². The topological polar surface area (TPSA) is 21.7 Å². The average Bonchev–Trinajstić information content (AvgIpc) is 2.77. The van der Waals surface area contributed by atoms with Crippen LogP contribution in [-0.2, 0) is 9.31 Å². The smallest absolute Gasteiger partial charge is 0.399 e. The molecule has 1 aromatic rings. The molecular weight excluding hydrogens is 249 g/mol. The SMILES string of the molecule is [2H]C1([2H])N(c2cccc(B3OC(C)(C)C(C)(C)O3)c2)C([2H])([2H])C([2H])([2H])C1([2H])[2H]. The average molecular weight is 281 g/mol. The predicted molar refractivity (Wildman–Crippen MR) is 83.6 cm³/mol. The molecule has 0 amide bonds. The molecular formula is C16H24BNO2. The number of hydrogen-bond acceptors (Lipinski definition) is 3. The molecule has 0 atom stereocenters. The van der Waals surface area contributed by atoms with E-state index in [1.807, 2.05) is 27.7 Å². The Bertz CT molecular complexity index is 757. The summed E-state index contributed by atoms with van der Waals surface area (Å²) in [6.07, 6.45) is -6.16. The summed E-state index contributed by atoms with van der Waals surface area (Å²) in [5, 5.41) is 0. The van der Waals surface area contributed by atoms with E-state index in [2.05, 4.69) is 0 Å². The summed E-state index contributed by atoms with van der Waals surface area (Å²) in [7, 11) is -0.766. The van der Waals surface area contributed by atoms with Gasteiger partial charge in [0.25, 0.3) is 0 Å². The van der Waals surface area contributed by atoms with Gasteiger partial charge in [0, 0.05) is 29.6 Å². The zero-order chi connectivity index (χ0) is 21.6. The summed E-state index contributed by atoms with van der Waals surface area (Å²) in [6.45, 7) is 1.70. The Kier molecular flexibility index (Phi) is 1.75. The van der Waals surface area contributed by atoms with Gasteiger partial charge >= 0.3 is 7.12 Å². The van der Waals surface area contributed by atoms with Crippen LogP contribution in [0.2, 0.25) is 0 Å². The van der Waals surface area contributed by atoms with Crippen LogP contribution in [0.3, 0.4) is 0 Å². The first-order chi connectivity index (χ1) is 12.4. The van der Waals surface area contributed by atoms with Crippen LogP contribution in [0.5, 0.6) is 0 Å². The van der Waals surface area contributed by atoms with Crippen LogP contribution in [0.25, 0.3) is 0 Å². The van der Waals surface area contributed by atoms with Gasteiger partial charge < -0.3 is 14.2 Å². The highest BCUT2D eigenvalue weighted by Crippen LogP contribution is 2.36. The molecule has 3 rings (SSSR count). The normalized spacial score (nSPS) is 40.4.